The minimum atomic E-state index is -1.10. The minimum absolute atomic E-state index is 0.0491. The number of carbonyl (C=O) groups excluding carboxylic acids is 1. The number of aromatic hydroxyl groups is 1. The third kappa shape index (κ3) is 3.10. The summed E-state index contributed by atoms with van der Waals surface area (Å²) in [6, 6.07) is 4.83. The Bertz CT molecular complexity index is 415. The molecule has 0 fully saturated rings. The van der Waals surface area contributed by atoms with Gasteiger partial charge in [-0.2, -0.15) is 0 Å². The van der Waals surface area contributed by atoms with Gasteiger partial charge in [0.25, 0.3) is 0 Å². The fraction of sp³-hybridized carbons (Fsp3) is 0.417. The van der Waals surface area contributed by atoms with Gasteiger partial charge in [0.1, 0.15) is 5.54 Å². The van der Waals surface area contributed by atoms with Crippen LogP contribution in [0.15, 0.2) is 18.2 Å². The van der Waals surface area contributed by atoms with Crippen LogP contribution in [0.1, 0.15) is 12.5 Å². The number of esters is 1. The molecule has 5 heteroatoms. The van der Waals surface area contributed by atoms with Crippen molar-refractivity contribution in [1.29, 1.82) is 0 Å². The van der Waals surface area contributed by atoms with Crippen molar-refractivity contribution in [2.45, 2.75) is 18.9 Å². The van der Waals surface area contributed by atoms with Crippen LogP contribution in [0.2, 0.25) is 0 Å². The first-order valence-electron chi connectivity index (χ1n) is 5.14. The third-order valence-corrected chi connectivity index (χ3v) is 2.47. The van der Waals surface area contributed by atoms with Crippen LogP contribution in [0.3, 0.4) is 0 Å². The Balaban J connectivity index is 2.92. The molecule has 94 valence electrons. The van der Waals surface area contributed by atoms with Gasteiger partial charge in [-0.1, -0.05) is 6.07 Å². The normalized spacial score (nSPS) is 13.9. The van der Waals surface area contributed by atoms with E-state index in [-0.39, 0.29) is 5.75 Å². The van der Waals surface area contributed by atoms with Gasteiger partial charge >= 0.3 is 5.97 Å². The molecule has 0 saturated carbocycles. The molecular weight excluding hydrogens is 222 g/mol. The van der Waals surface area contributed by atoms with E-state index in [0.29, 0.717) is 12.2 Å². The molecule has 0 unspecified atom stereocenters. The Kier molecular flexibility index (Phi) is 3.96. The molecule has 0 aliphatic carbocycles. The van der Waals surface area contributed by atoms with Gasteiger partial charge in [-0.25, -0.2) is 0 Å². The summed E-state index contributed by atoms with van der Waals surface area (Å²) in [4.78, 5) is 11.4. The number of phenolic OH excluding ortho intramolecular Hbond substituents is 1. The average molecular weight is 239 g/mol. The zero-order valence-corrected chi connectivity index (χ0v) is 10.2. The van der Waals surface area contributed by atoms with Crippen molar-refractivity contribution >= 4 is 5.97 Å². The Morgan fingerprint density at radius 2 is 2.12 bits per heavy atom. The highest BCUT2D eigenvalue weighted by Crippen LogP contribution is 2.27. The molecule has 0 heterocycles. The molecule has 1 rings (SSSR count). The van der Waals surface area contributed by atoms with Crippen LogP contribution < -0.4 is 10.5 Å². The molecule has 3 N–H and O–H groups in total. The van der Waals surface area contributed by atoms with Crippen molar-refractivity contribution in [3.63, 3.8) is 0 Å². The minimum Gasteiger partial charge on any atom is -0.504 e. The molecule has 0 bridgehead atoms. The van der Waals surface area contributed by atoms with Crippen LogP contribution in [0, 0.1) is 0 Å². The van der Waals surface area contributed by atoms with Crippen molar-refractivity contribution in [1.82, 2.24) is 0 Å². The Hall–Kier alpha value is -1.75. The van der Waals surface area contributed by atoms with E-state index < -0.39 is 11.5 Å². The van der Waals surface area contributed by atoms with Gasteiger partial charge in [0, 0.05) is 6.42 Å². The fourth-order valence-corrected chi connectivity index (χ4v) is 1.56. The van der Waals surface area contributed by atoms with Crippen molar-refractivity contribution in [2.24, 2.45) is 5.73 Å². The second kappa shape index (κ2) is 5.05. The van der Waals surface area contributed by atoms with Crippen LogP contribution in [-0.2, 0) is 16.0 Å². The molecule has 0 aliphatic heterocycles. The van der Waals surface area contributed by atoms with Gasteiger partial charge in [0.15, 0.2) is 11.5 Å². The van der Waals surface area contributed by atoms with Gasteiger partial charge in [0.05, 0.1) is 14.2 Å². The summed E-state index contributed by atoms with van der Waals surface area (Å²) in [6.45, 7) is 1.60. The summed E-state index contributed by atoms with van der Waals surface area (Å²) in [6.07, 6.45) is 0.302. The number of rotatable bonds is 4. The zero-order valence-electron chi connectivity index (χ0n) is 10.2. The molecule has 0 spiro atoms. The number of hydrogen-bond donors (Lipinski definition) is 2. The lowest BCUT2D eigenvalue weighted by Crippen LogP contribution is -2.47. The molecule has 0 aliphatic rings. The summed E-state index contributed by atoms with van der Waals surface area (Å²) in [5.74, 6) is -0.0826. The number of benzene rings is 1. The number of carbonyl (C=O) groups is 1. The van der Waals surface area contributed by atoms with E-state index in [1.807, 2.05) is 0 Å². The lowest BCUT2D eigenvalue weighted by atomic mass is 9.94. The van der Waals surface area contributed by atoms with Gasteiger partial charge in [0.2, 0.25) is 0 Å². The van der Waals surface area contributed by atoms with E-state index in [1.54, 1.807) is 19.1 Å². The summed E-state index contributed by atoms with van der Waals surface area (Å²) in [5.41, 5.74) is 5.54. The lowest BCUT2D eigenvalue weighted by Gasteiger charge is -2.21. The maximum Gasteiger partial charge on any atom is 0.325 e. The summed E-state index contributed by atoms with van der Waals surface area (Å²) >= 11 is 0. The quantitative estimate of drug-likeness (QED) is 0.761. The number of ether oxygens (including phenoxy) is 2. The Labute approximate surface area is 100 Å². The molecule has 0 aromatic heterocycles. The highest BCUT2D eigenvalue weighted by atomic mass is 16.5. The predicted molar refractivity (Wildman–Crippen MR) is 63.0 cm³/mol. The van der Waals surface area contributed by atoms with E-state index >= 15 is 0 Å². The average Bonchev–Trinajstić information content (AvgIpc) is 2.30. The fourth-order valence-electron chi connectivity index (χ4n) is 1.56. The smallest absolute Gasteiger partial charge is 0.325 e. The van der Waals surface area contributed by atoms with E-state index in [1.165, 1.54) is 20.3 Å². The first-order chi connectivity index (χ1) is 7.90. The molecule has 5 nitrogen and oxygen atoms in total. The summed E-state index contributed by atoms with van der Waals surface area (Å²) in [7, 11) is 2.76. The molecule has 17 heavy (non-hydrogen) atoms. The lowest BCUT2D eigenvalue weighted by molar-refractivity contribution is -0.146. The zero-order chi connectivity index (χ0) is 13.1. The van der Waals surface area contributed by atoms with Gasteiger partial charge < -0.3 is 20.3 Å². The monoisotopic (exact) mass is 239 g/mol. The maximum absolute atomic E-state index is 11.4. The first kappa shape index (κ1) is 13.3. The predicted octanol–water partition coefficient (Wildman–Crippen LogP) is 0.834. The highest BCUT2D eigenvalue weighted by molar-refractivity contribution is 5.80. The highest BCUT2D eigenvalue weighted by Gasteiger charge is 2.29. The number of phenols is 1. The van der Waals surface area contributed by atoms with Crippen LogP contribution >= 0.6 is 0 Å². The van der Waals surface area contributed by atoms with Crippen molar-refractivity contribution in [3.8, 4) is 11.5 Å². The largest absolute Gasteiger partial charge is 0.504 e. The molecule has 1 aromatic rings. The van der Waals surface area contributed by atoms with Crippen molar-refractivity contribution in [2.75, 3.05) is 14.2 Å². The van der Waals surface area contributed by atoms with Crippen molar-refractivity contribution < 1.29 is 19.4 Å². The maximum atomic E-state index is 11.4. The SMILES string of the molecule is COC(=O)[C@@](C)(N)Cc1ccc(O)c(OC)c1. The Morgan fingerprint density at radius 3 is 2.65 bits per heavy atom. The van der Waals surface area contributed by atoms with Gasteiger partial charge in [-0.3, -0.25) is 4.79 Å². The summed E-state index contributed by atoms with van der Waals surface area (Å²) < 4.78 is 9.60. The molecule has 0 saturated heterocycles. The van der Waals surface area contributed by atoms with Crippen LogP contribution in [0.4, 0.5) is 0 Å². The van der Waals surface area contributed by atoms with Crippen LogP contribution in [-0.4, -0.2) is 30.8 Å². The third-order valence-electron chi connectivity index (χ3n) is 2.47. The van der Waals surface area contributed by atoms with Crippen molar-refractivity contribution in [3.05, 3.63) is 23.8 Å². The second-order valence-corrected chi connectivity index (χ2v) is 4.09. The molecule has 0 radical (unpaired) electrons. The van der Waals surface area contributed by atoms with Gasteiger partial charge in [-0.05, 0) is 24.6 Å². The number of hydrogen-bond acceptors (Lipinski definition) is 5. The summed E-state index contributed by atoms with van der Waals surface area (Å²) in [5, 5.41) is 9.44. The first-order valence-corrected chi connectivity index (χ1v) is 5.14. The van der Waals surface area contributed by atoms with Gasteiger partial charge in [-0.15, -0.1) is 0 Å². The molecular formula is C12H17NO4. The van der Waals surface area contributed by atoms with E-state index in [9.17, 15) is 9.90 Å². The molecule has 0 amide bonds. The van der Waals surface area contributed by atoms with E-state index in [2.05, 4.69) is 4.74 Å². The molecule has 1 aromatic carbocycles. The standard InChI is InChI=1S/C12H17NO4/c1-12(13,11(15)17-3)7-8-4-5-9(14)10(6-8)16-2/h4-6,14H,7,13H2,1-3H3/t12-/m0/s1. The number of nitrogens with two attached hydrogens (primary N) is 1. The van der Waals surface area contributed by atoms with E-state index in [0.717, 1.165) is 5.56 Å². The van der Waals surface area contributed by atoms with E-state index in [4.69, 9.17) is 10.5 Å². The Morgan fingerprint density at radius 1 is 1.47 bits per heavy atom. The second-order valence-electron chi connectivity index (χ2n) is 4.09. The topological polar surface area (TPSA) is 81.8 Å². The molecule has 1 atom stereocenters. The van der Waals surface area contributed by atoms with Crippen LogP contribution in [0.5, 0.6) is 11.5 Å². The van der Waals surface area contributed by atoms with Crippen LogP contribution in [0.25, 0.3) is 0 Å². The number of methoxy groups -OCH3 is 2.